The zero-order valence-corrected chi connectivity index (χ0v) is 13.2. The van der Waals surface area contributed by atoms with Gasteiger partial charge < -0.3 is 10.0 Å². The largest absolute Gasteiger partial charge is 0.477 e. The summed E-state index contributed by atoms with van der Waals surface area (Å²) in [6.07, 6.45) is 2.57. The molecule has 0 atom stereocenters. The molecule has 21 heavy (non-hydrogen) atoms. The molecule has 1 saturated carbocycles. The summed E-state index contributed by atoms with van der Waals surface area (Å²) in [4.78, 5) is 13.2. The van der Waals surface area contributed by atoms with Crippen LogP contribution < -0.4 is 0 Å². The van der Waals surface area contributed by atoms with E-state index in [1.807, 2.05) is 0 Å². The Morgan fingerprint density at radius 2 is 1.95 bits per heavy atom. The topological polar surface area (TPSA) is 77.9 Å². The third-order valence-corrected chi connectivity index (χ3v) is 6.96. The molecule has 1 aromatic heterocycles. The molecule has 1 N–H and O–H groups in total. The van der Waals surface area contributed by atoms with Crippen molar-refractivity contribution in [2.75, 3.05) is 32.7 Å². The van der Waals surface area contributed by atoms with Gasteiger partial charge in [0.1, 0.15) is 9.77 Å². The first-order valence-corrected chi connectivity index (χ1v) is 9.34. The Bertz CT molecular complexity index is 628. The van der Waals surface area contributed by atoms with E-state index in [-0.39, 0.29) is 9.77 Å². The van der Waals surface area contributed by atoms with Gasteiger partial charge >= 0.3 is 5.97 Å². The predicted octanol–water partition coefficient (Wildman–Crippen LogP) is 1.16. The maximum Gasteiger partial charge on any atom is 0.347 e. The average Bonchev–Trinajstić information content (AvgIpc) is 3.10. The number of thiophene rings is 1. The minimum absolute atomic E-state index is 0.0735. The molecule has 1 aliphatic carbocycles. The van der Waals surface area contributed by atoms with Gasteiger partial charge in [0.2, 0.25) is 10.0 Å². The Labute approximate surface area is 128 Å². The Kier molecular flexibility index (Phi) is 4.04. The number of carboxylic acid groups (broad SMARTS) is 1. The number of nitrogens with zero attached hydrogens (tertiary/aromatic N) is 2. The highest BCUT2D eigenvalue weighted by Crippen LogP contribution is 2.30. The summed E-state index contributed by atoms with van der Waals surface area (Å²) in [5.74, 6) is -0.389. The quantitative estimate of drug-likeness (QED) is 0.877. The summed E-state index contributed by atoms with van der Waals surface area (Å²) in [5.41, 5.74) is 0. The number of aromatic carboxylic acids is 1. The molecule has 8 heteroatoms. The summed E-state index contributed by atoms with van der Waals surface area (Å²) in [5, 5.41) is 10.6. The van der Waals surface area contributed by atoms with Crippen LogP contribution in [-0.2, 0) is 10.0 Å². The number of piperazine rings is 1. The molecule has 0 radical (unpaired) electrons. The molecule has 0 amide bonds. The van der Waals surface area contributed by atoms with Gasteiger partial charge in [-0.1, -0.05) is 0 Å². The van der Waals surface area contributed by atoms with Crippen molar-refractivity contribution in [1.82, 2.24) is 9.21 Å². The van der Waals surface area contributed by atoms with Crippen LogP contribution in [0.25, 0.3) is 0 Å². The molecule has 3 rings (SSSR count). The van der Waals surface area contributed by atoms with Crippen molar-refractivity contribution < 1.29 is 18.3 Å². The third-order valence-electron chi connectivity index (χ3n) is 3.99. The fourth-order valence-electron chi connectivity index (χ4n) is 2.61. The van der Waals surface area contributed by atoms with Crippen molar-refractivity contribution in [2.24, 2.45) is 5.92 Å². The van der Waals surface area contributed by atoms with E-state index in [1.165, 1.54) is 28.6 Å². The fraction of sp³-hybridized carbons (Fsp3) is 0.615. The minimum atomic E-state index is -3.69. The van der Waals surface area contributed by atoms with Crippen molar-refractivity contribution in [3.8, 4) is 0 Å². The van der Waals surface area contributed by atoms with E-state index in [9.17, 15) is 13.2 Å². The summed E-state index contributed by atoms with van der Waals surface area (Å²) in [7, 11) is -3.69. The maximum atomic E-state index is 12.6. The Hall–Kier alpha value is -0.960. The lowest BCUT2D eigenvalue weighted by Gasteiger charge is -2.33. The molecule has 1 aliphatic heterocycles. The van der Waals surface area contributed by atoms with Crippen LogP contribution in [0.5, 0.6) is 0 Å². The van der Waals surface area contributed by atoms with Gasteiger partial charge in [-0.25, -0.2) is 13.2 Å². The number of hydrogen-bond acceptors (Lipinski definition) is 5. The fourth-order valence-corrected chi connectivity index (χ4v) is 5.27. The lowest BCUT2D eigenvalue weighted by Crippen LogP contribution is -2.49. The third kappa shape index (κ3) is 3.13. The average molecular weight is 330 g/mol. The number of sulfonamides is 1. The molecule has 0 bridgehead atoms. The summed E-state index contributed by atoms with van der Waals surface area (Å²) < 4.78 is 26.5. The Balaban J connectivity index is 1.70. The molecule has 1 saturated heterocycles. The van der Waals surface area contributed by atoms with E-state index in [0.717, 1.165) is 36.9 Å². The van der Waals surface area contributed by atoms with Crippen LogP contribution in [0.15, 0.2) is 16.3 Å². The highest BCUT2D eigenvalue weighted by atomic mass is 32.2. The molecule has 2 aliphatic rings. The zero-order chi connectivity index (χ0) is 15.0. The Morgan fingerprint density at radius 1 is 1.29 bits per heavy atom. The lowest BCUT2D eigenvalue weighted by atomic mass is 10.3. The molecule has 2 heterocycles. The normalized spacial score (nSPS) is 21.5. The molecule has 6 nitrogen and oxygen atoms in total. The second kappa shape index (κ2) is 5.68. The van der Waals surface area contributed by atoms with Gasteiger partial charge in [-0.2, -0.15) is 4.31 Å². The van der Waals surface area contributed by atoms with Crippen LogP contribution in [0.1, 0.15) is 22.5 Å². The Morgan fingerprint density at radius 3 is 2.52 bits per heavy atom. The first kappa shape index (κ1) is 15.0. The standard InChI is InChI=1S/C13H18N2O4S2/c16-13(17)12-11(3-8-20-12)21(18,19)15-6-4-14(5-7-15)9-10-1-2-10/h3,8,10H,1-2,4-7,9H2,(H,16,17). The van der Waals surface area contributed by atoms with Crippen molar-refractivity contribution in [1.29, 1.82) is 0 Å². The molecule has 116 valence electrons. The summed E-state index contributed by atoms with van der Waals surface area (Å²) in [6, 6.07) is 1.39. The van der Waals surface area contributed by atoms with Gasteiger partial charge in [0, 0.05) is 32.7 Å². The van der Waals surface area contributed by atoms with Crippen LogP contribution in [0.4, 0.5) is 0 Å². The van der Waals surface area contributed by atoms with Gasteiger partial charge in [0.15, 0.2) is 0 Å². The highest BCUT2D eigenvalue weighted by molar-refractivity contribution is 7.89. The first-order valence-electron chi connectivity index (χ1n) is 7.02. The summed E-state index contributed by atoms with van der Waals surface area (Å²) in [6.45, 7) is 3.38. The van der Waals surface area contributed by atoms with Gasteiger partial charge in [-0.15, -0.1) is 11.3 Å². The van der Waals surface area contributed by atoms with E-state index in [4.69, 9.17) is 5.11 Å². The van der Waals surface area contributed by atoms with Crippen molar-refractivity contribution >= 4 is 27.3 Å². The molecular formula is C13H18N2O4S2. The molecule has 2 fully saturated rings. The van der Waals surface area contributed by atoms with Gasteiger partial charge in [-0.3, -0.25) is 0 Å². The second-order valence-electron chi connectivity index (χ2n) is 5.57. The van der Waals surface area contributed by atoms with Crippen LogP contribution in [-0.4, -0.2) is 61.4 Å². The van der Waals surface area contributed by atoms with Crippen molar-refractivity contribution in [3.63, 3.8) is 0 Å². The monoisotopic (exact) mass is 330 g/mol. The zero-order valence-electron chi connectivity index (χ0n) is 11.6. The predicted molar refractivity (Wildman–Crippen MR) is 79.2 cm³/mol. The smallest absolute Gasteiger partial charge is 0.347 e. The van der Waals surface area contributed by atoms with E-state index < -0.39 is 16.0 Å². The molecule has 0 aromatic carbocycles. The minimum Gasteiger partial charge on any atom is -0.477 e. The first-order chi connectivity index (χ1) is 9.98. The number of rotatable bonds is 5. The van der Waals surface area contributed by atoms with Crippen LogP contribution in [0.3, 0.4) is 0 Å². The van der Waals surface area contributed by atoms with Crippen LogP contribution in [0, 0.1) is 5.92 Å². The summed E-state index contributed by atoms with van der Waals surface area (Å²) >= 11 is 0.950. The van der Waals surface area contributed by atoms with Gasteiger partial charge in [0.05, 0.1) is 0 Å². The van der Waals surface area contributed by atoms with Crippen LogP contribution in [0.2, 0.25) is 0 Å². The van der Waals surface area contributed by atoms with Crippen molar-refractivity contribution in [3.05, 3.63) is 16.3 Å². The number of carbonyl (C=O) groups is 1. The van der Waals surface area contributed by atoms with E-state index in [1.54, 1.807) is 0 Å². The lowest BCUT2D eigenvalue weighted by molar-refractivity contribution is 0.0698. The number of hydrogen-bond donors (Lipinski definition) is 1. The van der Waals surface area contributed by atoms with Crippen LogP contribution >= 0.6 is 11.3 Å². The highest BCUT2D eigenvalue weighted by Gasteiger charge is 2.33. The van der Waals surface area contributed by atoms with Gasteiger partial charge in [-0.05, 0) is 30.2 Å². The molecular weight excluding hydrogens is 312 g/mol. The van der Waals surface area contributed by atoms with Crippen molar-refractivity contribution in [2.45, 2.75) is 17.7 Å². The maximum absolute atomic E-state index is 12.6. The molecule has 0 unspecified atom stereocenters. The van der Waals surface area contributed by atoms with E-state index >= 15 is 0 Å². The molecule has 0 spiro atoms. The number of carboxylic acids is 1. The SMILES string of the molecule is O=C(O)c1sccc1S(=O)(=O)N1CCN(CC2CC2)CC1. The van der Waals surface area contributed by atoms with E-state index in [0.29, 0.717) is 13.1 Å². The second-order valence-corrected chi connectivity index (χ2v) is 8.39. The van der Waals surface area contributed by atoms with Gasteiger partial charge in [0.25, 0.3) is 0 Å². The van der Waals surface area contributed by atoms with E-state index in [2.05, 4.69) is 4.90 Å². The molecule has 1 aromatic rings.